The molecule has 3 N–H and O–H groups in total. The van der Waals surface area contributed by atoms with Gasteiger partial charge in [0.1, 0.15) is 0 Å². The number of carbonyl (C=O) groups is 5. The third-order valence-electron chi connectivity index (χ3n) is 6.41. The normalized spacial score (nSPS) is 21.9. The number of rotatable bonds is 21. The quantitative estimate of drug-likeness (QED) is 0.0929. The molecule has 3 atom stereocenters. The monoisotopic (exact) mass is 588 g/mol. The maximum atomic E-state index is 12.0. The summed E-state index contributed by atoms with van der Waals surface area (Å²) in [6, 6.07) is 0.372. The highest BCUT2D eigenvalue weighted by Crippen LogP contribution is 2.33. The van der Waals surface area contributed by atoms with Crippen molar-refractivity contribution in [2.75, 3.05) is 65.2 Å². The van der Waals surface area contributed by atoms with Gasteiger partial charge in [0, 0.05) is 36.8 Å². The van der Waals surface area contributed by atoms with E-state index in [4.69, 9.17) is 23.8 Å². The molecule has 14 nitrogen and oxygen atoms in total. The van der Waals surface area contributed by atoms with Crippen LogP contribution in [-0.4, -0.2) is 117 Å². The third kappa shape index (κ3) is 11.6. The highest BCUT2D eigenvalue weighted by Gasteiger charge is 2.42. The molecule has 0 aromatic heterocycles. The predicted molar refractivity (Wildman–Crippen MR) is 142 cm³/mol. The third-order valence-corrected chi connectivity index (χ3v) is 7.92. The lowest BCUT2D eigenvalue weighted by Crippen LogP contribution is -2.36. The molecule has 5 amide bonds. The van der Waals surface area contributed by atoms with Crippen LogP contribution >= 0.6 is 11.8 Å². The number of imide groups is 1. The molecule has 0 aliphatic carbocycles. The van der Waals surface area contributed by atoms with E-state index in [9.17, 15) is 24.0 Å². The van der Waals surface area contributed by atoms with Crippen LogP contribution in [0, 0.1) is 0 Å². The van der Waals surface area contributed by atoms with Crippen LogP contribution in [0.25, 0.3) is 0 Å². The number of ether oxygens (including phenoxy) is 4. The van der Waals surface area contributed by atoms with Crippen molar-refractivity contribution in [1.82, 2.24) is 21.0 Å². The molecule has 0 unspecified atom stereocenters. The number of carbonyl (C=O) groups excluding carboxylic acids is 5. The molecule has 3 aliphatic heterocycles. The highest BCUT2D eigenvalue weighted by molar-refractivity contribution is 8.00. The van der Waals surface area contributed by atoms with Crippen molar-refractivity contribution in [2.45, 2.75) is 62.3 Å². The molecule has 0 aromatic carbocycles. The van der Waals surface area contributed by atoms with E-state index in [1.54, 1.807) is 0 Å². The van der Waals surface area contributed by atoms with Crippen LogP contribution < -0.4 is 16.0 Å². The Bertz CT molecular complexity index is 847. The van der Waals surface area contributed by atoms with Crippen molar-refractivity contribution >= 4 is 41.5 Å². The predicted octanol–water partition coefficient (Wildman–Crippen LogP) is -0.108. The number of amides is 5. The van der Waals surface area contributed by atoms with Crippen LogP contribution in [0.5, 0.6) is 0 Å². The van der Waals surface area contributed by atoms with E-state index in [1.165, 1.54) is 0 Å². The molecule has 3 rings (SSSR count). The van der Waals surface area contributed by atoms with Gasteiger partial charge in [-0.05, 0) is 12.8 Å². The Hall–Kier alpha value is -2.46. The standard InChI is InChI=1S/C25H40N4O10S/c30-20(4-2-1-3-19-24-18(17-40-19)27-25(34)28-24)26-8-10-36-12-14-38-16-15-37-13-11-35-9-7-23(33)39-29-21(31)5-6-22(29)32/h18-19,24H,1-17H2,(H,26,30)(H2,27,28,34)/t18-,19+,24+/m1/s1. The van der Waals surface area contributed by atoms with Crippen molar-refractivity contribution in [3.63, 3.8) is 0 Å². The number of unbranched alkanes of at least 4 members (excludes halogenated alkanes) is 1. The fraction of sp³-hybridized carbons (Fsp3) is 0.800. The van der Waals surface area contributed by atoms with Crippen molar-refractivity contribution in [1.29, 1.82) is 0 Å². The minimum atomic E-state index is -0.703. The van der Waals surface area contributed by atoms with Gasteiger partial charge in [0.2, 0.25) is 5.91 Å². The lowest BCUT2D eigenvalue weighted by molar-refractivity contribution is -0.198. The first-order valence-electron chi connectivity index (χ1n) is 13.8. The number of nitrogens with one attached hydrogen (secondary N) is 3. The largest absolute Gasteiger partial charge is 0.378 e. The van der Waals surface area contributed by atoms with Gasteiger partial charge in [0.25, 0.3) is 11.8 Å². The minimum Gasteiger partial charge on any atom is -0.378 e. The Labute approximate surface area is 237 Å². The van der Waals surface area contributed by atoms with Crippen LogP contribution in [0.4, 0.5) is 4.79 Å². The Morgan fingerprint density at radius 3 is 2.12 bits per heavy atom. The van der Waals surface area contributed by atoms with Crippen molar-refractivity contribution in [3.8, 4) is 0 Å². The van der Waals surface area contributed by atoms with E-state index in [-0.39, 0.29) is 56.5 Å². The van der Waals surface area contributed by atoms with Crippen LogP contribution in [0.15, 0.2) is 0 Å². The van der Waals surface area contributed by atoms with Crippen LogP contribution in [0.2, 0.25) is 0 Å². The van der Waals surface area contributed by atoms with Crippen LogP contribution in [-0.2, 0) is 43.0 Å². The lowest BCUT2D eigenvalue weighted by Gasteiger charge is -2.16. The van der Waals surface area contributed by atoms with Crippen molar-refractivity contribution in [3.05, 3.63) is 0 Å². The maximum Gasteiger partial charge on any atom is 0.335 e. The van der Waals surface area contributed by atoms with Gasteiger partial charge >= 0.3 is 12.0 Å². The van der Waals surface area contributed by atoms with Crippen molar-refractivity contribution < 1.29 is 47.8 Å². The second-order valence-corrected chi connectivity index (χ2v) is 10.7. The van der Waals surface area contributed by atoms with Gasteiger partial charge in [-0.25, -0.2) is 9.59 Å². The van der Waals surface area contributed by atoms with Gasteiger partial charge in [-0.2, -0.15) is 11.8 Å². The fourth-order valence-corrected chi connectivity index (χ4v) is 5.89. The molecule has 0 bridgehead atoms. The maximum absolute atomic E-state index is 12.0. The average molecular weight is 589 g/mol. The summed E-state index contributed by atoms with van der Waals surface area (Å²) in [4.78, 5) is 62.5. The summed E-state index contributed by atoms with van der Waals surface area (Å²) < 4.78 is 21.5. The number of hydrogen-bond donors (Lipinski definition) is 3. The number of nitrogens with zero attached hydrogens (tertiary/aromatic N) is 1. The molecule has 3 saturated heterocycles. The molecule has 40 heavy (non-hydrogen) atoms. The zero-order valence-electron chi connectivity index (χ0n) is 22.7. The molecule has 0 aromatic rings. The van der Waals surface area contributed by atoms with Crippen molar-refractivity contribution in [2.24, 2.45) is 0 Å². The lowest BCUT2D eigenvalue weighted by atomic mass is 10.0. The van der Waals surface area contributed by atoms with E-state index in [2.05, 4.69) is 16.0 Å². The van der Waals surface area contributed by atoms with Gasteiger partial charge in [-0.1, -0.05) is 6.42 Å². The molecule has 226 valence electrons. The van der Waals surface area contributed by atoms with E-state index in [0.29, 0.717) is 62.9 Å². The zero-order chi connectivity index (χ0) is 28.6. The Balaban J connectivity index is 1.00. The van der Waals surface area contributed by atoms with E-state index in [0.717, 1.165) is 25.0 Å². The van der Waals surface area contributed by atoms with Gasteiger partial charge in [-0.15, -0.1) is 5.06 Å². The summed E-state index contributed by atoms with van der Waals surface area (Å²) >= 11 is 1.89. The van der Waals surface area contributed by atoms with Gasteiger partial charge in [0.05, 0.1) is 71.4 Å². The highest BCUT2D eigenvalue weighted by atomic mass is 32.2. The summed E-state index contributed by atoms with van der Waals surface area (Å²) in [5.41, 5.74) is 0. The molecular weight excluding hydrogens is 548 g/mol. The summed E-state index contributed by atoms with van der Waals surface area (Å²) in [6.07, 6.45) is 3.30. The number of urea groups is 1. The molecular formula is C25H40N4O10S. The number of thioether (sulfide) groups is 1. The summed E-state index contributed by atoms with van der Waals surface area (Å²) in [5.74, 6) is -0.764. The second-order valence-electron chi connectivity index (χ2n) is 9.46. The van der Waals surface area contributed by atoms with Gasteiger partial charge < -0.3 is 39.7 Å². The van der Waals surface area contributed by atoms with E-state index >= 15 is 0 Å². The zero-order valence-corrected chi connectivity index (χ0v) is 23.5. The molecule has 3 fully saturated rings. The first-order chi connectivity index (χ1) is 19.4. The molecule has 0 spiro atoms. The van der Waals surface area contributed by atoms with Gasteiger partial charge in [-0.3, -0.25) is 14.4 Å². The number of fused-ring (bicyclic) bond motifs is 1. The average Bonchev–Trinajstić information content (AvgIpc) is 3.58. The first kappa shape index (κ1) is 32.1. The van der Waals surface area contributed by atoms with Gasteiger partial charge in [0.15, 0.2) is 0 Å². The number of hydrogen-bond acceptors (Lipinski definition) is 11. The molecule has 3 aliphatic rings. The van der Waals surface area contributed by atoms with E-state index < -0.39 is 17.8 Å². The topological polar surface area (TPSA) is 171 Å². The Morgan fingerprint density at radius 1 is 0.825 bits per heavy atom. The summed E-state index contributed by atoms with van der Waals surface area (Å²) in [5, 5.41) is 9.71. The molecule has 0 saturated carbocycles. The summed E-state index contributed by atoms with van der Waals surface area (Å²) in [6.45, 7) is 3.17. The Morgan fingerprint density at radius 2 is 1.45 bits per heavy atom. The second kappa shape index (κ2) is 18.1. The van der Waals surface area contributed by atoms with E-state index in [1.807, 2.05) is 11.8 Å². The number of hydroxylamine groups is 2. The summed E-state index contributed by atoms with van der Waals surface area (Å²) in [7, 11) is 0. The SMILES string of the molecule is O=C(CCCC[C@@H]1SC[C@H]2NC(=O)N[C@H]12)NCCOCCOCCOCCOCCC(=O)ON1C(=O)CCC1=O. The Kier molecular flexibility index (Phi) is 14.5. The smallest absolute Gasteiger partial charge is 0.335 e. The van der Waals surface area contributed by atoms with Crippen LogP contribution in [0.3, 0.4) is 0 Å². The molecule has 15 heteroatoms. The molecule has 3 heterocycles. The minimum absolute atomic E-state index is 0.0174. The fourth-order valence-electron chi connectivity index (χ4n) is 4.35. The van der Waals surface area contributed by atoms with Crippen LogP contribution in [0.1, 0.15) is 44.9 Å². The molecule has 0 radical (unpaired) electrons. The first-order valence-corrected chi connectivity index (χ1v) is 14.8.